The lowest BCUT2D eigenvalue weighted by Gasteiger charge is -2.29. The van der Waals surface area contributed by atoms with Crippen LogP contribution in [0.1, 0.15) is 24.8 Å². The fourth-order valence-corrected chi connectivity index (χ4v) is 2.48. The van der Waals surface area contributed by atoms with Gasteiger partial charge in [0, 0.05) is 25.7 Å². The molecule has 0 spiro atoms. The highest BCUT2D eigenvalue weighted by Gasteiger charge is 2.32. The van der Waals surface area contributed by atoms with Gasteiger partial charge in [-0.1, -0.05) is 25.1 Å². The molecule has 21 heavy (non-hydrogen) atoms. The summed E-state index contributed by atoms with van der Waals surface area (Å²) in [7, 11) is 1.57. The second kappa shape index (κ2) is 5.95. The number of hydrogen-bond acceptors (Lipinski definition) is 3. The number of nitrogens with zero attached hydrogens (tertiary/aromatic N) is 1. The third kappa shape index (κ3) is 3.21. The molecule has 2 rings (SSSR count). The molecule has 0 saturated heterocycles. The molecule has 6 heteroatoms. The molecule has 2 unspecified atom stereocenters. The van der Waals surface area contributed by atoms with Gasteiger partial charge in [0.2, 0.25) is 11.8 Å². The van der Waals surface area contributed by atoms with Gasteiger partial charge in [-0.15, -0.1) is 0 Å². The van der Waals surface area contributed by atoms with E-state index in [1.54, 1.807) is 26.1 Å². The number of amides is 2. The van der Waals surface area contributed by atoms with E-state index in [-0.39, 0.29) is 24.8 Å². The lowest BCUT2D eigenvalue weighted by atomic mass is 9.89. The third-order valence-corrected chi connectivity index (χ3v) is 3.64. The SMILES string of the molecule is CC(CN(C)C(=O)C1CC(=O)Nc2ccccc21)C(=O)O. The van der Waals surface area contributed by atoms with Crippen LogP contribution in [0.15, 0.2) is 24.3 Å². The lowest BCUT2D eigenvalue weighted by Crippen LogP contribution is -2.39. The molecule has 1 aliphatic rings. The Morgan fingerprint density at radius 3 is 2.76 bits per heavy atom. The zero-order chi connectivity index (χ0) is 15.6. The van der Waals surface area contributed by atoms with Gasteiger partial charge in [0.1, 0.15) is 0 Å². The number of likely N-dealkylation sites (N-methyl/N-ethyl adjacent to an activating group) is 1. The third-order valence-electron chi connectivity index (χ3n) is 3.64. The van der Waals surface area contributed by atoms with Crippen LogP contribution in [0.4, 0.5) is 5.69 Å². The molecule has 2 amide bonds. The van der Waals surface area contributed by atoms with E-state index in [9.17, 15) is 14.4 Å². The van der Waals surface area contributed by atoms with Gasteiger partial charge >= 0.3 is 5.97 Å². The molecule has 112 valence electrons. The maximum atomic E-state index is 12.5. The van der Waals surface area contributed by atoms with Gasteiger partial charge in [-0.05, 0) is 11.6 Å². The van der Waals surface area contributed by atoms with Gasteiger partial charge in [0.25, 0.3) is 0 Å². The highest BCUT2D eigenvalue weighted by atomic mass is 16.4. The summed E-state index contributed by atoms with van der Waals surface area (Å²) in [6, 6.07) is 7.18. The maximum absolute atomic E-state index is 12.5. The van der Waals surface area contributed by atoms with E-state index in [1.807, 2.05) is 12.1 Å². The molecule has 1 aliphatic heterocycles. The van der Waals surface area contributed by atoms with Crippen molar-refractivity contribution in [1.29, 1.82) is 0 Å². The molecule has 0 radical (unpaired) electrons. The Morgan fingerprint density at radius 2 is 2.10 bits per heavy atom. The van der Waals surface area contributed by atoms with Crippen molar-refractivity contribution in [2.75, 3.05) is 18.9 Å². The van der Waals surface area contributed by atoms with Gasteiger partial charge in [-0.25, -0.2) is 0 Å². The van der Waals surface area contributed by atoms with Crippen molar-refractivity contribution in [3.05, 3.63) is 29.8 Å². The molecule has 1 aromatic rings. The summed E-state index contributed by atoms with van der Waals surface area (Å²) in [6.07, 6.45) is 0.0850. The Bertz CT molecular complexity index is 585. The molecule has 0 aromatic heterocycles. The largest absolute Gasteiger partial charge is 0.481 e. The highest BCUT2D eigenvalue weighted by Crippen LogP contribution is 2.33. The molecule has 2 atom stereocenters. The first-order valence-corrected chi connectivity index (χ1v) is 6.76. The Labute approximate surface area is 122 Å². The van der Waals surface area contributed by atoms with Gasteiger partial charge in [-0.3, -0.25) is 14.4 Å². The van der Waals surface area contributed by atoms with E-state index in [2.05, 4.69) is 5.32 Å². The second-order valence-electron chi connectivity index (χ2n) is 5.35. The quantitative estimate of drug-likeness (QED) is 0.875. The number of rotatable bonds is 4. The minimum absolute atomic E-state index is 0.0850. The molecule has 1 aromatic carbocycles. The summed E-state index contributed by atoms with van der Waals surface area (Å²) < 4.78 is 0. The van der Waals surface area contributed by atoms with Crippen LogP contribution in [0, 0.1) is 5.92 Å². The number of nitrogens with one attached hydrogen (secondary N) is 1. The highest BCUT2D eigenvalue weighted by molar-refractivity contribution is 6.01. The van der Waals surface area contributed by atoms with Gasteiger partial charge in [0.15, 0.2) is 0 Å². The van der Waals surface area contributed by atoms with Crippen molar-refractivity contribution in [3.8, 4) is 0 Å². The summed E-state index contributed by atoms with van der Waals surface area (Å²) >= 11 is 0. The van der Waals surface area contributed by atoms with Crippen LogP contribution >= 0.6 is 0 Å². The zero-order valence-electron chi connectivity index (χ0n) is 12.0. The van der Waals surface area contributed by atoms with Gasteiger partial charge < -0.3 is 15.3 Å². The Morgan fingerprint density at radius 1 is 1.43 bits per heavy atom. The van der Waals surface area contributed by atoms with Crippen molar-refractivity contribution >= 4 is 23.5 Å². The normalized spacial score (nSPS) is 18.4. The van der Waals surface area contributed by atoms with Crippen molar-refractivity contribution < 1.29 is 19.5 Å². The lowest BCUT2D eigenvalue weighted by molar-refractivity contribution is -0.143. The Kier molecular flexibility index (Phi) is 4.26. The number of para-hydroxylation sites is 1. The van der Waals surface area contributed by atoms with Crippen molar-refractivity contribution in [2.24, 2.45) is 5.92 Å². The predicted molar refractivity (Wildman–Crippen MR) is 76.9 cm³/mol. The average Bonchev–Trinajstić information content (AvgIpc) is 2.45. The fraction of sp³-hybridized carbons (Fsp3) is 0.400. The molecule has 2 N–H and O–H groups in total. The van der Waals surface area contributed by atoms with E-state index < -0.39 is 17.8 Å². The number of carbonyl (C=O) groups is 3. The summed E-state index contributed by atoms with van der Waals surface area (Å²) in [5.74, 6) is -2.58. The number of carbonyl (C=O) groups excluding carboxylic acids is 2. The molecule has 0 fully saturated rings. The van der Waals surface area contributed by atoms with E-state index >= 15 is 0 Å². The minimum Gasteiger partial charge on any atom is -0.481 e. The van der Waals surface area contributed by atoms with Crippen LogP contribution in [-0.2, 0) is 14.4 Å². The number of carboxylic acid groups (broad SMARTS) is 1. The molecule has 1 heterocycles. The Hall–Kier alpha value is -2.37. The molecule has 6 nitrogen and oxygen atoms in total. The van der Waals surface area contributed by atoms with Gasteiger partial charge in [0.05, 0.1) is 11.8 Å². The number of aliphatic carboxylic acids is 1. The van der Waals surface area contributed by atoms with Gasteiger partial charge in [-0.2, -0.15) is 0 Å². The van der Waals surface area contributed by atoms with E-state index in [4.69, 9.17) is 5.11 Å². The topological polar surface area (TPSA) is 86.7 Å². The molecule has 0 aliphatic carbocycles. The maximum Gasteiger partial charge on any atom is 0.308 e. The Balaban J connectivity index is 2.19. The van der Waals surface area contributed by atoms with Crippen molar-refractivity contribution in [2.45, 2.75) is 19.3 Å². The minimum atomic E-state index is -0.948. The van der Waals surface area contributed by atoms with Crippen molar-refractivity contribution in [3.63, 3.8) is 0 Å². The van der Waals surface area contributed by atoms with Crippen molar-refractivity contribution in [1.82, 2.24) is 4.90 Å². The predicted octanol–water partition coefficient (Wildman–Crippen LogP) is 1.29. The summed E-state index contributed by atoms with van der Waals surface area (Å²) in [6.45, 7) is 1.67. The van der Waals surface area contributed by atoms with Crippen LogP contribution < -0.4 is 5.32 Å². The summed E-state index contributed by atoms with van der Waals surface area (Å²) in [5.41, 5.74) is 1.42. The molecular formula is C15H18N2O4. The summed E-state index contributed by atoms with van der Waals surface area (Å²) in [4.78, 5) is 36.5. The number of benzene rings is 1. The number of anilines is 1. The van der Waals surface area contributed by atoms with Crippen LogP contribution in [0.25, 0.3) is 0 Å². The van der Waals surface area contributed by atoms with E-state index in [1.165, 1.54) is 4.90 Å². The van der Waals surface area contributed by atoms with E-state index in [0.717, 1.165) is 5.56 Å². The first-order chi connectivity index (χ1) is 9.90. The number of fused-ring (bicyclic) bond motifs is 1. The molecular weight excluding hydrogens is 272 g/mol. The van der Waals surface area contributed by atoms with Crippen LogP contribution in [-0.4, -0.2) is 41.4 Å². The van der Waals surface area contributed by atoms with Crippen LogP contribution in [0.2, 0.25) is 0 Å². The standard InChI is InChI=1S/C15H18N2O4/c1-9(15(20)21)8-17(2)14(19)11-7-13(18)16-12-6-4-3-5-10(11)12/h3-6,9,11H,7-8H2,1-2H3,(H,16,18)(H,20,21). The molecule has 0 saturated carbocycles. The van der Waals surface area contributed by atoms with Crippen LogP contribution in [0.3, 0.4) is 0 Å². The summed E-state index contributed by atoms with van der Waals surface area (Å²) in [5, 5.41) is 11.7. The smallest absolute Gasteiger partial charge is 0.308 e. The monoisotopic (exact) mass is 290 g/mol. The van der Waals surface area contributed by atoms with Crippen LogP contribution in [0.5, 0.6) is 0 Å². The number of carboxylic acids is 1. The van der Waals surface area contributed by atoms with E-state index in [0.29, 0.717) is 5.69 Å². The average molecular weight is 290 g/mol. The molecule has 0 bridgehead atoms. The second-order valence-corrected chi connectivity index (χ2v) is 5.35. The first kappa shape index (κ1) is 15.0. The zero-order valence-corrected chi connectivity index (χ0v) is 12.0. The number of hydrogen-bond donors (Lipinski definition) is 2. The first-order valence-electron chi connectivity index (χ1n) is 6.76. The fourth-order valence-electron chi connectivity index (χ4n) is 2.48.